The molecule has 0 radical (unpaired) electrons. The molecule has 8 nitrogen and oxygen atoms in total. The van der Waals surface area contributed by atoms with Crippen molar-refractivity contribution >= 4 is 29.4 Å². The highest BCUT2D eigenvalue weighted by Gasteiger charge is 2.36. The predicted molar refractivity (Wildman–Crippen MR) is 115 cm³/mol. The van der Waals surface area contributed by atoms with Crippen LogP contribution in [0.5, 0.6) is 5.75 Å². The number of ether oxygens (including phenoxy) is 1. The van der Waals surface area contributed by atoms with Crippen LogP contribution in [0.25, 0.3) is 0 Å². The van der Waals surface area contributed by atoms with Gasteiger partial charge in [-0.1, -0.05) is 24.3 Å². The molecule has 0 aromatic heterocycles. The summed E-state index contributed by atoms with van der Waals surface area (Å²) in [4.78, 5) is 50.8. The first-order valence-corrected chi connectivity index (χ1v) is 9.66. The van der Waals surface area contributed by atoms with Crippen molar-refractivity contribution in [3.8, 4) is 5.75 Å². The zero-order valence-corrected chi connectivity index (χ0v) is 17.0. The minimum Gasteiger partial charge on any atom is -0.497 e. The molecular formula is C24H18N2O6. The molecule has 0 aliphatic carbocycles. The van der Waals surface area contributed by atoms with Crippen molar-refractivity contribution in [1.29, 1.82) is 0 Å². The highest BCUT2D eigenvalue weighted by Crippen LogP contribution is 2.27. The quantitative estimate of drug-likeness (QED) is 0.579. The van der Waals surface area contributed by atoms with Crippen molar-refractivity contribution in [1.82, 2.24) is 4.90 Å². The Balaban J connectivity index is 1.56. The van der Waals surface area contributed by atoms with E-state index in [-0.39, 0.29) is 34.5 Å². The lowest BCUT2D eigenvalue weighted by Gasteiger charge is -2.14. The Hall–Kier alpha value is -4.46. The van der Waals surface area contributed by atoms with Crippen molar-refractivity contribution in [2.75, 3.05) is 12.4 Å². The standard InChI is InChI=1S/C24H18N2O6/c1-32-16-9-6-14(7-10-16)13-26-22(28)17-11-8-15(12-19(17)23(26)29)21(27)25-20-5-3-2-4-18(20)24(30)31/h2-12H,13H2,1H3,(H,25,27)(H,30,31). The molecule has 2 N–H and O–H groups in total. The molecule has 8 heteroatoms. The molecule has 0 saturated carbocycles. The van der Waals surface area contributed by atoms with Gasteiger partial charge < -0.3 is 15.2 Å². The molecule has 4 rings (SSSR count). The summed E-state index contributed by atoms with van der Waals surface area (Å²) in [5.41, 5.74) is 1.31. The topological polar surface area (TPSA) is 113 Å². The fourth-order valence-corrected chi connectivity index (χ4v) is 3.46. The SMILES string of the molecule is COc1ccc(CN2C(=O)c3ccc(C(=O)Nc4ccccc4C(=O)O)cc3C2=O)cc1. The minimum absolute atomic E-state index is 0.0565. The van der Waals surface area contributed by atoms with E-state index in [1.54, 1.807) is 43.5 Å². The molecular weight excluding hydrogens is 412 g/mol. The number of anilines is 1. The number of benzene rings is 3. The molecule has 3 aromatic carbocycles. The number of methoxy groups -OCH3 is 1. The summed E-state index contributed by atoms with van der Waals surface area (Å²) in [6.45, 7) is 0.0872. The van der Waals surface area contributed by atoms with Gasteiger partial charge in [-0.3, -0.25) is 19.3 Å². The summed E-state index contributed by atoms with van der Waals surface area (Å²) in [5, 5.41) is 11.8. The molecule has 0 saturated heterocycles. The van der Waals surface area contributed by atoms with Crippen molar-refractivity contribution in [2.24, 2.45) is 0 Å². The molecule has 3 aromatic rings. The van der Waals surface area contributed by atoms with Crippen LogP contribution < -0.4 is 10.1 Å². The highest BCUT2D eigenvalue weighted by atomic mass is 16.5. The number of nitrogens with zero attached hydrogens (tertiary/aromatic N) is 1. The number of carbonyl (C=O) groups is 4. The minimum atomic E-state index is -1.18. The molecule has 0 fully saturated rings. The molecule has 32 heavy (non-hydrogen) atoms. The Morgan fingerprint density at radius 3 is 2.31 bits per heavy atom. The summed E-state index contributed by atoms with van der Waals surface area (Å²) in [5.74, 6) is -2.04. The number of imide groups is 1. The summed E-state index contributed by atoms with van der Waals surface area (Å²) in [6.07, 6.45) is 0. The van der Waals surface area contributed by atoms with E-state index in [1.807, 2.05) is 0 Å². The van der Waals surface area contributed by atoms with Gasteiger partial charge in [0.25, 0.3) is 17.7 Å². The van der Waals surface area contributed by atoms with Gasteiger partial charge in [0.2, 0.25) is 0 Å². The number of hydrogen-bond donors (Lipinski definition) is 2. The van der Waals surface area contributed by atoms with Crippen LogP contribution in [0.3, 0.4) is 0 Å². The van der Waals surface area contributed by atoms with Gasteiger partial charge in [0.05, 0.1) is 36.0 Å². The molecule has 0 atom stereocenters. The molecule has 0 unspecified atom stereocenters. The molecule has 0 bridgehead atoms. The number of hydrogen-bond acceptors (Lipinski definition) is 5. The van der Waals surface area contributed by atoms with E-state index in [2.05, 4.69) is 5.32 Å². The second kappa shape index (κ2) is 8.35. The first-order chi connectivity index (χ1) is 15.4. The molecule has 1 aliphatic rings. The monoisotopic (exact) mass is 430 g/mol. The van der Waals surface area contributed by atoms with Crippen molar-refractivity contribution in [2.45, 2.75) is 6.54 Å². The van der Waals surface area contributed by atoms with Crippen LogP contribution in [-0.2, 0) is 6.54 Å². The number of aromatic carboxylic acids is 1. The average Bonchev–Trinajstić information content (AvgIpc) is 3.04. The third-order valence-corrected chi connectivity index (χ3v) is 5.14. The van der Waals surface area contributed by atoms with Gasteiger partial charge in [-0.05, 0) is 48.0 Å². The Morgan fingerprint density at radius 2 is 1.62 bits per heavy atom. The maximum atomic E-state index is 12.9. The fourth-order valence-electron chi connectivity index (χ4n) is 3.46. The lowest BCUT2D eigenvalue weighted by atomic mass is 10.0. The number of rotatable bonds is 6. The van der Waals surface area contributed by atoms with E-state index in [0.717, 1.165) is 10.5 Å². The maximum Gasteiger partial charge on any atom is 0.337 e. The van der Waals surface area contributed by atoms with E-state index in [1.165, 1.54) is 30.3 Å². The Labute approximate surface area is 183 Å². The Bertz CT molecular complexity index is 1250. The van der Waals surface area contributed by atoms with Gasteiger partial charge in [0, 0.05) is 5.56 Å². The lowest BCUT2D eigenvalue weighted by molar-refractivity contribution is 0.0639. The third kappa shape index (κ3) is 3.81. The first kappa shape index (κ1) is 20.8. The zero-order valence-electron chi connectivity index (χ0n) is 17.0. The van der Waals surface area contributed by atoms with Gasteiger partial charge in [-0.2, -0.15) is 0 Å². The largest absolute Gasteiger partial charge is 0.497 e. The third-order valence-electron chi connectivity index (χ3n) is 5.14. The van der Waals surface area contributed by atoms with Crippen LogP contribution in [0.2, 0.25) is 0 Å². The average molecular weight is 430 g/mol. The van der Waals surface area contributed by atoms with Crippen LogP contribution >= 0.6 is 0 Å². The van der Waals surface area contributed by atoms with E-state index in [0.29, 0.717) is 5.75 Å². The van der Waals surface area contributed by atoms with Gasteiger partial charge in [0.1, 0.15) is 5.75 Å². The van der Waals surface area contributed by atoms with Crippen molar-refractivity contribution in [3.63, 3.8) is 0 Å². The van der Waals surface area contributed by atoms with Crippen molar-refractivity contribution in [3.05, 3.63) is 94.5 Å². The predicted octanol–water partition coefficient (Wildman–Crippen LogP) is 3.44. The molecule has 3 amide bonds. The van der Waals surface area contributed by atoms with E-state index >= 15 is 0 Å². The normalized spacial score (nSPS) is 12.5. The van der Waals surface area contributed by atoms with Gasteiger partial charge >= 0.3 is 5.97 Å². The molecule has 0 spiro atoms. The lowest BCUT2D eigenvalue weighted by Crippen LogP contribution is -2.29. The van der Waals surface area contributed by atoms with Crippen LogP contribution in [0.4, 0.5) is 5.69 Å². The summed E-state index contributed by atoms with van der Waals surface area (Å²) in [6, 6.07) is 17.2. The van der Waals surface area contributed by atoms with Crippen molar-refractivity contribution < 1.29 is 29.0 Å². The number of fused-ring (bicyclic) bond motifs is 1. The molecule has 1 aliphatic heterocycles. The molecule has 160 valence electrons. The van der Waals surface area contributed by atoms with Gasteiger partial charge in [0.15, 0.2) is 0 Å². The van der Waals surface area contributed by atoms with Crippen LogP contribution in [0, 0.1) is 0 Å². The van der Waals surface area contributed by atoms with Crippen LogP contribution in [0.15, 0.2) is 66.7 Å². The van der Waals surface area contributed by atoms with Crippen LogP contribution in [-0.4, -0.2) is 40.8 Å². The summed E-state index contributed by atoms with van der Waals surface area (Å²) in [7, 11) is 1.55. The van der Waals surface area contributed by atoms with E-state index in [4.69, 9.17) is 4.74 Å². The number of para-hydroxylation sites is 1. The fraction of sp³-hybridized carbons (Fsp3) is 0.0833. The number of nitrogens with one attached hydrogen (secondary N) is 1. The van der Waals surface area contributed by atoms with Gasteiger partial charge in [-0.25, -0.2) is 4.79 Å². The second-order valence-corrected chi connectivity index (χ2v) is 7.11. The van der Waals surface area contributed by atoms with E-state index in [9.17, 15) is 24.3 Å². The molecule has 1 heterocycles. The summed E-state index contributed by atoms with van der Waals surface area (Å²) >= 11 is 0. The second-order valence-electron chi connectivity index (χ2n) is 7.11. The summed E-state index contributed by atoms with van der Waals surface area (Å²) < 4.78 is 5.11. The maximum absolute atomic E-state index is 12.9. The van der Waals surface area contributed by atoms with Gasteiger partial charge in [-0.15, -0.1) is 0 Å². The Kier molecular flexibility index (Phi) is 5.43. The smallest absolute Gasteiger partial charge is 0.337 e. The number of carbonyl (C=O) groups excluding carboxylic acids is 3. The number of carboxylic acids is 1. The zero-order chi connectivity index (χ0) is 22.8. The number of carboxylic acid groups (broad SMARTS) is 1. The Morgan fingerprint density at radius 1 is 0.938 bits per heavy atom. The first-order valence-electron chi connectivity index (χ1n) is 9.66. The number of amides is 3. The van der Waals surface area contributed by atoms with E-state index < -0.39 is 23.7 Å². The van der Waals surface area contributed by atoms with Crippen LogP contribution in [0.1, 0.15) is 47.0 Å². The highest BCUT2D eigenvalue weighted by molar-refractivity contribution is 6.22.